The Hall–Kier alpha value is -1.51. The van der Waals surface area contributed by atoms with Crippen LogP contribution in [0.4, 0.5) is 5.69 Å². The van der Waals surface area contributed by atoms with Gasteiger partial charge in [0.15, 0.2) is 0 Å². The van der Waals surface area contributed by atoms with Crippen molar-refractivity contribution in [3.8, 4) is 5.75 Å². The lowest BCUT2D eigenvalue weighted by atomic mass is 10.1. The van der Waals surface area contributed by atoms with Gasteiger partial charge in [0.1, 0.15) is 5.75 Å². The fourth-order valence-electron chi connectivity index (χ4n) is 2.04. The molecule has 2 rings (SSSR count). The van der Waals surface area contributed by atoms with Crippen molar-refractivity contribution in [2.45, 2.75) is 39.5 Å². The molecule has 18 heavy (non-hydrogen) atoms. The Morgan fingerprint density at radius 3 is 2.78 bits per heavy atom. The minimum absolute atomic E-state index is 0.129. The highest BCUT2D eigenvalue weighted by Gasteiger charge is 2.30. The molecule has 0 aromatic heterocycles. The highest BCUT2D eigenvalue weighted by atomic mass is 16.5. The van der Waals surface area contributed by atoms with Crippen LogP contribution in [0, 0.1) is 5.92 Å². The number of aryl methyl sites for hydroxylation is 1. The molecule has 0 aliphatic heterocycles. The van der Waals surface area contributed by atoms with Crippen LogP contribution in [0.3, 0.4) is 0 Å². The average Bonchev–Trinajstić information content (AvgIpc) is 3.17. The second-order valence-electron chi connectivity index (χ2n) is 4.74. The van der Waals surface area contributed by atoms with E-state index in [1.807, 2.05) is 19.1 Å². The molecule has 1 saturated carbocycles. The van der Waals surface area contributed by atoms with Gasteiger partial charge in [-0.05, 0) is 37.8 Å². The molecule has 0 unspecified atom stereocenters. The van der Waals surface area contributed by atoms with Crippen LogP contribution in [0.5, 0.6) is 5.75 Å². The summed E-state index contributed by atoms with van der Waals surface area (Å²) in [7, 11) is 0. The molecule has 0 atom stereocenters. The maximum Gasteiger partial charge on any atom is 0.227 e. The third-order valence-electron chi connectivity index (χ3n) is 3.11. The molecule has 0 spiro atoms. The number of para-hydroxylation sites is 1. The number of amides is 1. The molecular formula is C15H21NO2. The van der Waals surface area contributed by atoms with E-state index in [2.05, 4.69) is 18.3 Å². The van der Waals surface area contributed by atoms with E-state index in [1.165, 1.54) is 5.56 Å². The molecule has 3 nitrogen and oxygen atoms in total. The summed E-state index contributed by atoms with van der Waals surface area (Å²) in [6.45, 7) is 4.73. The van der Waals surface area contributed by atoms with Crippen LogP contribution in [-0.4, -0.2) is 12.5 Å². The van der Waals surface area contributed by atoms with E-state index in [0.717, 1.165) is 37.1 Å². The summed E-state index contributed by atoms with van der Waals surface area (Å²) in [4.78, 5) is 11.8. The lowest BCUT2D eigenvalue weighted by Crippen LogP contribution is -2.14. The maximum absolute atomic E-state index is 11.8. The molecule has 0 bridgehead atoms. The normalized spacial score (nSPS) is 14.3. The fourth-order valence-corrected chi connectivity index (χ4v) is 2.04. The third kappa shape index (κ3) is 3.03. The van der Waals surface area contributed by atoms with Crippen LogP contribution in [0.1, 0.15) is 38.7 Å². The zero-order valence-electron chi connectivity index (χ0n) is 11.2. The molecule has 1 aromatic carbocycles. The molecule has 0 radical (unpaired) electrons. The lowest BCUT2D eigenvalue weighted by molar-refractivity contribution is -0.117. The van der Waals surface area contributed by atoms with Gasteiger partial charge in [0.2, 0.25) is 5.91 Å². The number of carbonyl (C=O) groups excluding carboxylic acids is 1. The lowest BCUT2D eigenvalue weighted by Gasteiger charge is -2.15. The molecule has 0 heterocycles. The van der Waals surface area contributed by atoms with Crippen molar-refractivity contribution in [2.75, 3.05) is 11.9 Å². The van der Waals surface area contributed by atoms with Gasteiger partial charge < -0.3 is 10.1 Å². The van der Waals surface area contributed by atoms with Crippen LogP contribution in [0.25, 0.3) is 0 Å². The van der Waals surface area contributed by atoms with Gasteiger partial charge in [0.25, 0.3) is 0 Å². The summed E-state index contributed by atoms with van der Waals surface area (Å²) >= 11 is 0. The molecule has 98 valence electrons. The van der Waals surface area contributed by atoms with Gasteiger partial charge in [-0.3, -0.25) is 4.79 Å². The first-order chi connectivity index (χ1) is 8.76. The number of hydrogen-bond acceptors (Lipinski definition) is 2. The standard InChI is InChI=1S/C15H21NO2/c1-3-6-11-7-5-8-13(14(11)18-4-2)16-15(17)12-9-10-12/h5,7-8,12H,3-4,6,9-10H2,1-2H3,(H,16,17). The van der Waals surface area contributed by atoms with Crippen LogP contribution in [0.2, 0.25) is 0 Å². The van der Waals surface area contributed by atoms with Crippen LogP contribution < -0.4 is 10.1 Å². The van der Waals surface area contributed by atoms with Gasteiger partial charge in [-0.15, -0.1) is 0 Å². The monoisotopic (exact) mass is 247 g/mol. The molecule has 1 N–H and O–H groups in total. The topological polar surface area (TPSA) is 38.3 Å². The fraction of sp³-hybridized carbons (Fsp3) is 0.533. The van der Waals surface area contributed by atoms with E-state index in [-0.39, 0.29) is 11.8 Å². The van der Waals surface area contributed by atoms with Crippen LogP contribution in [0.15, 0.2) is 18.2 Å². The number of ether oxygens (including phenoxy) is 1. The summed E-state index contributed by atoms with van der Waals surface area (Å²) in [5, 5.41) is 2.99. The predicted molar refractivity (Wildman–Crippen MR) is 73.0 cm³/mol. The van der Waals surface area contributed by atoms with Crippen molar-refractivity contribution in [3.63, 3.8) is 0 Å². The van der Waals surface area contributed by atoms with E-state index < -0.39 is 0 Å². The van der Waals surface area contributed by atoms with Gasteiger partial charge in [-0.2, -0.15) is 0 Å². The molecule has 1 aliphatic rings. The first-order valence-electron chi connectivity index (χ1n) is 6.81. The summed E-state index contributed by atoms with van der Waals surface area (Å²) in [6, 6.07) is 5.97. The Bertz CT molecular complexity index is 425. The Morgan fingerprint density at radius 2 is 2.17 bits per heavy atom. The summed E-state index contributed by atoms with van der Waals surface area (Å²) in [5.41, 5.74) is 1.99. The molecule has 1 fully saturated rings. The van der Waals surface area contributed by atoms with Gasteiger partial charge >= 0.3 is 0 Å². The van der Waals surface area contributed by atoms with E-state index in [1.54, 1.807) is 0 Å². The van der Waals surface area contributed by atoms with Crippen molar-refractivity contribution in [2.24, 2.45) is 5.92 Å². The summed E-state index contributed by atoms with van der Waals surface area (Å²) in [5.74, 6) is 1.19. The minimum atomic E-state index is 0.129. The van der Waals surface area contributed by atoms with E-state index in [9.17, 15) is 4.79 Å². The van der Waals surface area contributed by atoms with E-state index >= 15 is 0 Å². The van der Waals surface area contributed by atoms with Crippen molar-refractivity contribution < 1.29 is 9.53 Å². The van der Waals surface area contributed by atoms with E-state index in [4.69, 9.17) is 4.74 Å². The first-order valence-corrected chi connectivity index (χ1v) is 6.81. The quantitative estimate of drug-likeness (QED) is 0.836. The van der Waals surface area contributed by atoms with Crippen molar-refractivity contribution in [1.82, 2.24) is 0 Å². The molecule has 1 amide bonds. The van der Waals surface area contributed by atoms with Gasteiger partial charge in [0, 0.05) is 5.92 Å². The van der Waals surface area contributed by atoms with Gasteiger partial charge in [-0.25, -0.2) is 0 Å². The zero-order valence-corrected chi connectivity index (χ0v) is 11.2. The third-order valence-corrected chi connectivity index (χ3v) is 3.11. The Morgan fingerprint density at radius 1 is 1.39 bits per heavy atom. The first kappa shape index (κ1) is 12.9. The average molecular weight is 247 g/mol. The molecular weight excluding hydrogens is 226 g/mol. The Labute approximate surface area is 109 Å². The summed E-state index contributed by atoms with van der Waals surface area (Å²) < 4.78 is 5.71. The van der Waals surface area contributed by atoms with Gasteiger partial charge in [0.05, 0.1) is 12.3 Å². The van der Waals surface area contributed by atoms with Crippen LogP contribution in [-0.2, 0) is 11.2 Å². The largest absolute Gasteiger partial charge is 0.491 e. The second kappa shape index (κ2) is 5.89. The highest BCUT2D eigenvalue weighted by Crippen LogP contribution is 2.34. The zero-order chi connectivity index (χ0) is 13.0. The molecule has 0 saturated heterocycles. The number of benzene rings is 1. The Kier molecular flexibility index (Phi) is 4.24. The highest BCUT2D eigenvalue weighted by molar-refractivity contribution is 5.95. The molecule has 1 aromatic rings. The number of rotatable bonds is 6. The smallest absolute Gasteiger partial charge is 0.227 e. The summed E-state index contributed by atoms with van der Waals surface area (Å²) in [6.07, 6.45) is 4.08. The molecule has 3 heteroatoms. The SMILES string of the molecule is CCCc1cccc(NC(=O)C2CC2)c1OCC. The number of hydrogen-bond donors (Lipinski definition) is 1. The number of nitrogens with one attached hydrogen (secondary N) is 1. The maximum atomic E-state index is 11.8. The number of carbonyl (C=O) groups is 1. The predicted octanol–water partition coefficient (Wildman–Crippen LogP) is 3.39. The van der Waals surface area contributed by atoms with Crippen LogP contribution >= 0.6 is 0 Å². The van der Waals surface area contributed by atoms with E-state index in [0.29, 0.717) is 6.61 Å². The second-order valence-corrected chi connectivity index (χ2v) is 4.74. The number of anilines is 1. The molecule has 1 aliphatic carbocycles. The van der Waals surface area contributed by atoms with Crippen molar-refractivity contribution in [1.29, 1.82) is 0 Å². The Balaban J connectivity index is 2.20. The van der Waals surface area contributed by atoms with Crippen molar-refractivity contribution in [3.05, 3.63) is 23.8 Å². The minimum Gasteiger partial charge on any atom is -0.491 e. The van der Waals surface area contributed by atoms with Gasteiger partial charge in [-0.1, -0.05) is 25.5 Å². The van der Waals surface area contributed by atoms with Crippen molar-refractivity contribution >= 4 is 11.6 Å².